The van der Waals surface area contributed by atoms with Crippen LogP contribution in [0.15, 0.2) is 60.3 Å². The number of carboxylic acids is 1. The molecule has 0 amide bonds. The van der Waals surface area contributed by atoms with Crippen LogP contribution >= 0.6 is 0 Å². The van der Waals surface area contributed by atoms with Crippen molar-refractivity contribution in [3.63, 3.8) is 0 Å². The zero-order valence-corrected chi connectivity index (χ0v) is 15.6. The molecule has 0 radical (unpaired) electrons. The summed E-state index contributed by atoms with van der Waals surface area (Å²) in [5, 5.41) is 12.1. The molecule has 0 aliphatic carbocycles. The Bertz CT molecular complexity index is 788. The quantitative estimate of drug-likeness (QED) is 0.667. The standard InChI is InChI=1S/C22H26N2O2/c1-4-18(15-24-21-11-5-16(2)14-23-21)13-17(3)20-9-6-19(7-10-20)8-12-22(25)26/h4-7,9-11,13-14H,8,12,15H2,1-3H3,(H,23,24)(H,25,26)/b17-13+,18-4+. The van der Waals surface area contributed by atoms with Gasteiger partial charge in [-0.05, 0) is 61.1 Å². The molecular weight excluding hydrogens is 324 g/mol. The Hall–Kier alpha value is -2.88. The third-order valence-corrected chi connectivity index (χ3v) is 4.19. The van der Waals surface area contributed by atoms with E-state index in [4.69, 9.17) is 5.11 Å². The molecule has 1 aromatic heterocycles. The number of anilines is 1. The molecule has 4 nitrogen and oxygen atoms in total. The molecule has 26 heavy (non-hydrogen) atoms. The maximum atomic E-state index is 10.7. The van der Waals surface area contributed by atoms with Crippen LogP contribution in [0.3, 0.4) is 0 Å². The Balaban J connectivity index is 1.99. The maximum absolute atomic E-state index is 10.7. The average Bonchev–Trinajstić information content (AvgIpc) is 2.65. The molecular formula is C22H26N2O2. The number of hydrogen-bond acceptors (Lipinski definition) is 3. The molecule has 0 aliphatic rings. The SMILES string of the molecule is C/C=C(\C=C(/C)c1ccc(CCC(=O)O)cc1)CNc1ccc(C)cn1. The van der Waals surface area contributed by atoms with E-state index in [1.165, 1.54) is 11.1 Å². The normalized spacial score (nSPS) is 12.1. The highest BCUT2D eigenvalue weighted by atomic mass is 16.4. The van der Waals surface area contributed by atoms with E-state index in [0.717, 1.165) is 22.5 Å². The molecule has 0 saturated carbocycles. The number of rotatable bonds is 8. The Morgan fingerprint density at radius 3 is 2.50 bits per heavy atom. The van der Waals surface area contributed by atoms with E-state index < -0.39 is 5.97 Å². The van der Waals surface area contributed by atoms with Crippen molar-refractivity contribution in [3.05, 3.63) is 77.0 Å². The largest absolute Gasteiger partial charge is 0.481 e. The molecule has 0 fully saturated rings. The van der Waals surface area contributed by atoms with Crippen molar-refractivity contribution in [2.45, 2.75) is 33.6 Å². The number of nitrogens with zero attached hydrogens (tertiary/aromatic N) is 1. The number of hydrogen-bond donors (Lipinski definition) is 2. The number of pyridine rings is 1. The maximum Gasteiger partial charge on any atom is 0.303 e. The number of carbonyl (C=O) groups is 1. The number of aliphatic carboxylic acids is 1. The second-order valence-corrected chi connectivity index (χ2v) is 6.36. The monoisotopic (exact) mass is 350 g/mol. The lowest BCUT2D eigenvalue weighted by Crippen LogP contribution is -2.05. The van der Waals surface area contributed by atoms with E-state index in [9.17, 15) is 4.79 Å². The Morgan fingerprint density at radius 1 is 1.19 bits per heavy atom. The number of nitrogens with one attached hydrogen (secondary N) is 1. The molecule has 0 unspecified atom stereocenters. The summed E-state index contributed by atoms with van der Waals surface area (Å²) in [4.78, 5) is 15.0. The summed E-state index contributed by atoms with van der Waals surface area (Å²) < 4.78 is 0. The number of carboxylic acid groups (broad SMARTS) is 1. The Morgan fingerprint density at radius 2 is 1.92 bits per heavy atom. The summed E-state index contributed by atoms with van der Waals surface area (Å²) in [7, 11) is 0. The fourth-order valence-corrected chi connectivity index (χ4v) is 2.55. The molecule has 0 saturated heterocycles. The minimum atomic E-state index is -0.765. The fourth-order valence-electron chi connectivity index (χ4n) is 2.55. The van der Waals surface area contributed by atoms with Gasteiger partial charge >= 0.3 is 5.97 Å². The van der Waals surface area contributed by atoms with E-state index in [0.29, 0.717) is 13.0 Å². The predicted octanol–water partition coefficient (Wildman–Crippen LogP) is 4.87. The Kier molecular flexibility index (Phi) is 7.15. The van der Waals surface area contributed by atoms with E-state index >= 15 is 0 Å². The van der Waals surface area contributed by atoms with Gasteiger partial charge in [-0.3, -0.25) is 4.79 Å². The van der Waals surface area contributed by atoms with Crippen LogP contribution in [-0.4, -0.2) is 22.6 Å². The van der Waals surface area contributed by atoms with Crippen molar-refractivity contribution in [1.82, 2.24) is 4.98 Å². The van der Waals surface area contributed by atoms with Crippen molar-refractivity contribution in [1.29, 1.82) is 0 Å². The summed E-state index contributed by atoms with van der Waals surface area (Å²) in [6, 6.07) is 12.1. The van der Waals surface area contributed by atoms with Crippen LogP contribution in [0, 0.1) is 6.92 Å². The average molecular weight is 350 g/mol. The highest BCUT2D eigenvalue weighted by Crippen LogP contribution is 2.18. The van der Waals surface area contributed by atoms with Gasteiger partial charge in [-0.2, -0.15) is 0 Å². The summed E-state index contributed by atoms with van der Waals surface area (Å²) in [5.41, 5.74) is 5.67. The minimum absolute atomic E-state index is 0.162. The third kappa shape index (κ3) is 6.20. The van der Waals surface area contributed by atoms with E-state index in [1.54, 1.807) is 0 Å². The summed E-state index contributed by atoms with van der Waals surface area (Å²) in [5.74, 6) is 0.0993. The van der Waals surface area contributed by atoms with Gasteiger partial charge in [0.25, 0.3) is 0 Å². The van der Waals surface area contributed by atoms with Gasteiger partial charge in [0, 0.05) is 19.2 Å². The molecule has 2 N–H and O–H groups in total. The first kappa shape index (κ1) is 19.4. The lowest BCUT2D eigenvalue weighted by atomic mass is 10.0. The van der Waals surface area contributed by atoms with Crippen LogP contribution in [0.4, 0.5) is 5.82 Å². The van der Waals surface area contributed by atoms with Crippen LogP contribution in [0.1, 0.15) is 37.0 Å². The molecule has 1 aromatic carbocycles. The molecule has 2 rings (SSSR count). The summed E-state index contributed by atoms with van der Waals surface area (Å²) in [6.07, 6.45) is 6.82. The smallest absolute Gasteiger partial charge is 0.303 e. The molecule has 0 atom stereocenters. The van der Waals surface area contributed by atoms with Crippen LogP contribution in [0.5, 0.6) is 0 Å². The molecule has 0 aliphatic heterocycles. The Labute approximate surface area is 155 Å². The zero-order valence-electron chi connectivity index (χ0n) is 15.6. The highest BCUT2D eigenvalue weighted by Gasteiger charge is 2.02. The van der Waals surface area contributed by atoms with Gasteiger partial charge in [-0.1, -0.05) is 42.5 Å². The van der Waals surface area contributed by atoms with E-state index in [2.05, 4.69) is 29.4 Å². The van der Waals surface area contributed by atoms with Crippen LogP contribution < -0.4 is 5.32 Å². The lowest BCUT2D eigenvalue weighted by molar-refractivity contribution is -0.136. The van der Waals surface area contributed by atoms with E-state index in [-0.39, 0.29) is 6.42 Å². The van der Waals surface area contributed by atoms with Crippen molar-refractivity contribution in [2.75, 3.05) is 11.9 Å². The van der Waals surface area contributed by atoms with Gasteiger partial charge in [-0.15, -0.1) is 0 Å². The van der Waals surface area contributed by atoms with Gasteiger partial charge < -0.3 is 10.4 Å². The number of allylic oxidation sites excluding steroid dienone is 2. The second kappa shape index (κ2) is 9.56. The van der Waals surface area contributed by atoms with Crippen molar-refractivity contribution >= 4 is 17.4 Å². The molecule has 136 valence electrons. The van der Waals surface area contributed by atoms with Gasteiger partial charge in [0.1, 0.15) is 5.82 Å². The molecule has 1 heterocycles. The first-order valence-corrected chi connectivity index (χ1v) is 8.79. The van der Waals surface area contributed by atoms with Crippen molar-refractivity contribution in [2.24, 2.45) is 0 Å². The first-order valence-electron chi connectivity index (χ1n) is 8.79. The van der Waals surface area contributed by atoms with E-state index in [1.807, 2.05) is 56.4 Å². The van der Waals surface area contributed by atoms with Gasteiger partial charge in [-0.25, -0.2) is 4.98 Å². The summed E-state index contributed by atoms with van der Waals surface area (Å²) in [6.45, 7) is 6.84. The number of aromatic nitrogens is 1. The van der Waals surface area contributed by atoms with Crippen molar-refractivity contribution < 1.29 is 9.90 Å². The van der Waals surface area contributed by atoms with Crippen LogP contribution in [0.25, 0.3) is 5.57 Å². The predicted molar refractivity (Wildman–Crippen MR) is 107 cm³/mol. The topological polar surface area (TPSA) is 62.2 Å². The van der Waals surface area contributed by atoms with Gasteiger partial charge in [0.15, 0.2) is 0 Å². The summed E-state index contributed by atoms with van der Waals surface area (Å²) >= 11 is 0. The lowest BCUT2D eigenvalue weighted by Gasteiger charge is -2.09. The van der Waals surface area contributed by atoms with Gasteiger partial charge in [0.2, 0.25) is 0 Å². The second-order valence-electron chi connectivity index (χ2n) is 6.36. The molecule has 0 bridgehead atoms. The number of aryl methyl sites for hydroxylation is 2. The van der Waals surface area contributed by atoms with Crippen LogP contribution in [-0.2, 0) is 11.2 Å². The first-order chi connectivity index (χ1) is 12.5. The van der Waals surface area contributed by atoms with Gasteiger partial charge in [0.05, 0.1) is 0 Å². The molecule has 4 heteroatoms. The molecule has 0 spiro atoms. The number of benzene rings is 1. The molecule has 2 aromatic rings. The fraction of sp³-hybridized carbons (Fsp3) is 0.273. The van der Waals surface area contributed by atoms with Crippen LogP contribution in [0.2, 0.25) is 0 Å². The van der Waals surface area contributed by atoms with Crippen molar-refractivity contribution in [3.8, 4) is 0 Å². The zero-order chi connectivity index (χ0) is 18.9. The minimum Gasteiger partial charge on any atom is -0.481 e. The third-order valence-electron chi connectivity index (χ3n) is 4.19. The highest BCUT2D eigenvalue weighted by molar-refractivity contribution is 5.68.